The summed E-state index contributed by atoms with van der Waals surface area (Å²) in [7, 11) is 0. The Bertz CT molecular complexity index is 1060. The summed E-state index contributed by atoms with van der Waals surface area (Å²) in [6, 6.07) is 6.05. The molecule has 0 saturated carbocycles. The van der Waals surface area contributed by atoms with Gasteiger partial charge in [-0.05, 0) is 49.4 Å². The fourth-order valence-corrected chi connectivity index (χ4v) is 5.31. The minimum Gasteiger partial charge on any atom is -0.381 e. The molecule has 0 aromatic heterocycles. The van der Waals surface area contributed by atoms with Gasteiger partial charge in [0, 0.05) is 40.9 Å². The van der Waals surface area contributed by atoms with Crippen molar-refractivity contribution in [3.63, 3.8) is 0 Å². The number of ketones is 1. The van der Waals surface area contributed by atoms with E-state index in [0.717, 1.165) is 12.8 Å². The van der Waals surface area contributed by atoms with E-state index in [1.54, 1.807) is 0 Å². The number of benzene rings is 2. The summed E-state index contributed by atoms with van der Waals surface area (Å²) in [5.74, 6) is -1.28. The van der Waals surface area contributed by atoms with Crippen molar-refractivity contribution >= 4 is 40.7 Å². The topological polar surface area (TPSA) is 72.6 Å². The molecule has 176 valence electrons. The number of nitrogens with zero attached hydrogens (tertiary/aromatic N) is 1. The molecule has 33 heavy (non-hydrogen) atoms. The van der Waals surface area contributed by atoms with Crippen molar-refractivity contribution in [1.82, 2.24) is 0 Å². The first-order valence-corrected chi connectivity index (χ1v) is 12.3. The highest BCUT2D eigenvalue weighted by atomic mass is 35.5. The first-order chi connectivity index (χ1) is 15.8. The van der Waals surface area contributed by atoms with Crippen LogP contribution in [0.4, 0.5) is 14.5 Å². The molecule has 9 heteroatoms. The second kappa shape index (κ2) is 10.5. The van der Waals surface area contributed by atoms with Gasteiger partial charge in [-0.3, -0.25) is 9.59 Å². The molecule has 0 bridgehead atoms. The molecule has 0 radical (unpaired) electrons. The molecule has 2 aromatic carbocycles. The van der Waals surface area contributed by atoms with E-state index in [9.17, 15) is 18.4 Å². The first kappa shape index (κ1) is 24.1. The third kappa shape index (κ3) is 5.57. The van der Waals surface area contributed by atoms with Gasteiger partial charge >= 0.3 is 0 Å². The number of fused-ring (bicyclic) bond motifs is 1. The molecule has 2 aliphatic heterocycles. The lowest BCUT2D eigenvalue weighted by Gasteiger charge is -2.25. The van der Waals surface area contributed by atoms with E-state index in [4.69, 9.17) is 22.1 Å². The SMILES string of the molecule is N[C@H]1CSc2cc(F)c(C(=O)CCC3CCOCC3)cc2N(Cc2ccc(Cl)cc2F)C1=O. The van der Waals surface area contributed by atoms with Crippen LogP contribution in [0, 0.1) is 17.6 Å². The smallest absolute Gasteiger partial charge is 0.245 e. The van der Waals surface area contributed by atoms with Crippen LogP contribution in [0.1, 0.15) is 41.6 Å². The first-order valence-electron chi connectivity index (χ1n) is 10.9. The summed E-state index contributed by atoms with van der Waals surface area (Å²) >= 11 is 7.09. The molecule has 2 heterocycles. The number of carbonyl (C=O) groups is 2. The molecule has 1 amide bonds. The normalized spacial score (nSPS) is 19.3. The van der Waals surface area contributed by atoms with E-state index in [2.05, 4.69) is 0 Å². The quantitative estimate of drug-likeness (QED) is 0.574. The van der Waals surface area contributed by atoms with E-state index < -0.39 is 23.6 Å². The van der Waals surface area contributed by atoms with Crippen LogP contribution in [-0.4, -0.2) is 36.7 Å². The largest absolute Gasteiger partial charge is 0.381 e. The molecule has 2 N–H and O–H groups in total. The predicted octanol–water partition coefficient (Wildman–Crippen LogP) is 4.97. The molecule has 2 aliphatic rings. The number of hydrogen-bond acceptors (Lipinski definition) is 5. The van der Waals surface area contributed by atoms with Crippen LogP contribution in [0.2, 0.25) is 5.02 Å². The van der Waals surface area contributed by atoms with Crippen molar-refractivity contribution < 1.29 is 23.1 Å². The Balaban J connectivity index is 1.63. The molecule has 1 saturated heterocycles. The molecule has 2 aromatic rings. The van der Waals surface area contributed by atoms with E-state index >= 15 is 0 Å². The highest BCUT2D eigenvalue weighted by molar-refractivity contribution is 7.99. The van der Waals surface area contributed by atoms with E-state index in [0.29, 0.717) is 36.1 Å². The number of amides is 1. The van der Waals surface area contributed by atoms with Gasteiger partial charge in [-0.2, -0.15) is 0 Å². The maximum absolute atomic E-state index is 14.9. The Hall–Kier alpha value is -2.00. The number of ether oxygens (including phenoxy) is 1. The average Bonchev–Trinajstić information content (AvgIpc) is 2.91. The van der Waals surface area contributed by atoms with E-state index in [-0.39, 0.29) is 40.7 Å². The van der Waals surface area contributed by atoms with Gasteiger partial charge in [-0.1, -0.05) is 17.7 Å². The molecule has 0 aliphatic carbocycles. The lowest BCUT2D eigenvalue weighted by molar-refractivity contribution is -0.119. The predicted molar refractivity (Wildman–Crippen MR) is 125 cm³/mol. The number of Topliss-reactive ketones (excluding diaryl/α,β-unsaturated/α-hetero) is 1. The number of thioether (sulfide) groups is 1. The van der Waals surface area contributed by atoms with Crippen molar-refractivity contribution in [2.24, 2.45) is 11.7 Å². The van der Waals surface area contributed by atoms with Crippen molar-refractivity contribution in [2.45, 2.75) is 43.2 Å². The Morgan fingerprint density at radius 2 is 1.94 bits per heavy atom. The summed E-state index contributed by atoms with van der Waals surface area (Å²) in [5, 5.41) is 0.241. The summed E-state index contributed by atoms with van der Waals surface area (Å²) in [6.07, 6.45) is 2.66. The second-order valence-electron chi connectivity index (χ2n) is 8.39. The van der Waals surface area contributed by atoms with Gasteiger partial charge in [0.2, 0.25) is 5.91 Å². The molecular weight excluding hydrogens is 470 g/mol. The fraction of sp³-hybridized carbons (Fsp3) is 0.417. The van der Waals surface area contributed by atoms with Crippen LogP contribution in [0.5, 0.6) is 0 Å². The van der Waals surface area contributed by atoms with Crippen molar-refractivity contribution in [3.8, 4) is 0 Å². The van der Waals surface area contributed by atoms with E-state index in [1.165, 1.54) is 47.0 Å². The minimum absolute atomic E-state index is 0.0636. The lowest BCUT2D eigenvalue weighted by Crippen LogP contribution is -2.44. The minimum atomic E-state index is -0.839. The highest BCUT2D eigenvalue weighted by Crippen LogP contribution is 2.38. The highest BCUT2D eigenvalue weighted by Gasteiger charge is 2.31. The van der Waals surface area contributed by atoms with Gasteiger partial charge in [0.1, 0.15) is 11.6 Å². The van der Waals surface area contributed by atoms with Crippen LogP contribution < -0.4 is 10.6 Å². The molecule has 5 nitrogen and oxygen atoms in total. The molecular formula is C24H25ClF2N2O3S. The van der Waals surface area contributed by atoms with Gasteiger partial charge in [0.05, 0.1) is 23.8 Å². The van der Waals surface area contributed by atoms with Crippen LogP contribution in [0.3, 0.4) is 0 Å². The van der Waals surface area contributed by atoms with Gasteiger partial charge in [0.25, 0.3) is 0 Å². The standard InChI is InChI=1S/C24H25ClF2N2O3S/c25-16-3-2-15(18(26)9-16)12-29-21-10-17(22(30)4-1-14-5-7-32-8-6-14)19(27)11-23(21)33-13-20(28)24(29)31/h2-3,9-11,14,20H,1,4-8,12-13,28H2/t20-/m0/s1. The summed E-state index contributed by atoms with van der Waals surface area (Å²) in [6.45, 7) is 1.26. The van der Waals surface area contributed by atoms with Gasteiger partial charge in [0.15, 0.2) is 5.78 Å². The number of rotatable bonds is 6. The van der Waals surface area contributed by atoms with Crippen LogP contribution in [-0.2, 0) is 16.1 Å². The summed E-state index contributed by atoms with van der Waals surface area (Å²) in [4.78, 5) is 27.8. The molecule has 1 fully saturated rings. The van der Waals surface area contributed by atoms with Crippen molar-refractivity contribution in [1.29, 1.82) is 0 Å². The monoisotopic (exact) mass is 494 g/mol. The number of hydrogen-bond donors (Lipinski definition) is 1. The molecule has 4 rings (SSSR count). The fourth-order valence-electron chi connectivity index (χ4n) is 4.14. The molecule has 1 atom stereocenters. The van der Waals surface area contributed by atoms with Gasteiger partial charge in [-0.15, -0.1) is 11.8 Å². The zero-order valence-electron chi connectivity index (χ0n) is 18.0. The molecule has 0 unspecified atom stereocenters. The van der Waals surface area contributed by atoms with Gasteiger partial charge < -0.3 is 15.4 Å². The Morgan fingerprint density at radius 3 is 2.67 bits per heavy atom. The lowest BCUT2D eigenvalue weighted by atomic mass is 9.92. The van der Waals surface area contributed by atoms with Crippen molar-refractivity contribution in [3.05, 3.63) is 58.1 Å². The maximum atomic E-state index is 14.9. The Labute approximate surface area is 200 Å². The zero-order valence-corrected chi connectivity index (χ0v) is 19.6. The Morgan fingerprint density at radius 1 is 1.18 bits per heavy atom. The molecule has 0 spiro atoms. The van der Waals surface area contributed by atoms with Crippen molar-refractivity contribution in [2.75, 3.05) is 23.9 Å². The third-order valence-electron chi connectivity index (χ3n) is 6.11. The summed E-state index contributed by atoms with van der Waals surface area (Å²) < 4.78 is 34.7. The van der Waals surface area contributed by atoms with Crippen LogP contribution in [0.25, 0.3) is 0 Å². The van der Waals surface area contributed by atoms with Gasteiger partial charge in [-0.25, -0.2) is 8.78 Å². The maximum Gasteiger partial charge on any atom is 0.245 e. The second-order valence-corrected chi connectivity index (χ2v) is 9.89. The van der Waals surface area contributed by atoms with Crippen LogP contribution in [0.15, 0.2) is 35.2 Å². The zero-order chi connectivity index (χ0) is 23.5. The number of carbonyl (C=O) groups excluding carboxylic acids is 2. The average molecular weight is 495 g/mol. The number of nitrogens with two attached hydrogens (primary N) is 1. The van der Waals surface area contributed by atoms with Crippen LogP contribution >= 0.6 is 23.4 Å². The Kier molecular flexibility index (Phi) is 7.69. The summed E-state index contributed by atoms with van der Waals surface area (Å²) in [5.41, 5.74) is 6.58. The van der Waals surface area contributed by atoms with E-state index in [1.807, 2.05) is 0 Å². The number of halogens is 3. The third-order valence-corrected chi connectivity index (χ3v) is 7.50. The number of anilines is 1.